The second kappa shape index (κ2) is 12.4. The maximum Gasteiger partial charge on any atom is 0.261 e. The molecule has 0 fully saturated rings. The number of methoxy groups -OCH3 is 1. The number of thiocarbonyl (C=S) groups is 1. The minimum atomic E-state index is -0.407. The highest BCUT2D eigenvalue weighted by Gasteiger charge is 2.15. The number of anilines is 1. The first-order chi connectivity index (χ1) is 14.8. The van der Waals surface area contributed by atoms with E-state index in [0.29, 0.717) is 35.8 Å². The number of halogens is 1. The van der Waals surface area contributed by atoms with Gasteiger partial charge in [0.1, 0.15) is 12.4 Å². The molecule has 0 saturated carbocycles. The molecular formula is C22H26BrN3O4S. The van der Waals surface area contributed by atoms with Gasteiger partial charge in [0.2, 0.25) is 0 Å². The fourth-order valence-electron chi connectivity index (χ4n) is 2.49. The van der Waals surface area contributed by atoms with Crippen molar-refractivity contribution in [2.45, 2.75) is 26.3 Å². The minimum Gasteiger partial charge on any atom is -0.490 e. The third kappa shape index (κ3) is 7.93. The van der Waals surface area contributed by atoms with Crippen LogP contribution in [-0.4, -0.2) is 43.3 Å². The van der Waals surface area contributed by atoms with E-state index in [1.54, 1.807) is 49.6 Å². The van der Waals surface area contributed by atoms with E-state index in [1.807, 2.05) is 13.8 Å². The van der Waals surface area contributed by atoms with Crippen molar-refractivity contribution >= 4 is 50.8 Å². The molecule has 2 rings (SSSR count). The molecule has 0 spiro atoms. The predicted octanol–water partition coefficient (Wildman–Crippen LogP) is 4.13. The molecule has 0 aromatic heterocycles. The van der Waals surface area contributed by atoms with Crippen LogP contribution in [-0.2, 0) is 4.74 Å². The summed E-state index contributed by atoms with van der Waals surface area (Å²) in [6, 6.07) is 12.1. The molecule has 0 aliphatic rings. The molecule has 2 aromatic carbocycles. The summed E-state index contributed by atoms with van der Waals surface area (Å²) in [6.07, 6.45) is 0.858. The summed E-state index contributed by atoms with van der Waals surface area (Å²) >= 11 is 8.62. The third-order valence-corrected chi connectivity index (χ3v) is 5.05. The number of rotatable bonds is 9. The molecule has 0 aliphatic heterocycles. The molecular weight excluding hydrogens is 482 g/mol. The van der Waals surface area contributed by atoms with Crippen LogP contribution in [0.3, 0.4) is 0 Å². The Hall–Kier alpha value is -2.49. The maximum absolute atomic E-state index is 12.7. The van der Waals surface area contributed by atoms with Crippen LogP contribution in [0.2, 0.25) is 0 Å². The Balaban J connectivity index is 1.99. The lowest BCUT2D eigenvalue weighted by molar-refractivity contribution is 0.0937. The minimum absolute atomic E-state index is 0.106. The van der Waals surface area contributed by atoms with Gasteiger partial charge in [-0.05, 0) is 68.0 Å². The lowest BCUT2D eigenvalue weighted by Crippen LogP contribution is -2.34. The van der Waals surface area contributed by atoms with Gasteiger partial charge in [0.25, 0.3) is 11.8 Å². The first kappa shape index (κ1) is 24.8. The van der Waals surface area contributed by atoms with Crippen LogP contribution < -0.4 is 20.7 Å². The average molecular weight is 508 g/mol. The summed E-state index contributed by atoms with van der Waals surface area (Å²) in [5.41, 5.74) is 1.54. The van der Waals surface area contributed by atoms with Gasteiger partial charge in [-0.25, -0.2) is 0 Å². The van der Waals surface area contributed by atoms with Crippen molar-refractivity contribution in [3.63, 3.8) is 0 Å². The fourth-order valence-corrected chi connectivity index (χ4v) is 3.06. The molecule has 1 unspecified atom stereocenters. The van der Waals surface area contributed by atoms with Gasteiger partial charge in [-0.3, -0.25) is 14.9 Å². The first-order valence-corrected chi connectivity index (χ1v) is 11.0. The summed E-state index contributed by atoms with van der Waals surface area (Å²) in [5, 5.41) is 8.63. The number of hydrogen-bond acceptors (Lipinski definition) is 5. The van der Waals surface area contributed by atoms with Crippen molar-refractivity contribution in [2.75, 3.05) is 25.6 Å². The largest absolute Gasteiger partial charge is 0.490 e. The Morgan fingerprint density at radius 1 is 1.10 bits per heavy atom. The zero-order valence-corrected chi connectivity index (χ0v) is 20.1. The van der Waals surface area contributed by atoms with Crippen molar-refractivity contribution in [3.05, 3.63) is 58.1 Å². The molecule has 9 heteroatoms. The van der Waals surface area contributed by atoms with Gasteiger partial charge < -0.3 is 20.1 Å². The number of hydrogen-bond donors (Lipinski definition) is 3. The van der Waals surface area contributed by atoms with Gasteiger partial charge in [0, 0.05) is 28.9 Å². The maximum atomic E-state index is 12.7. The summed E-state index contributed by atoms with van der Waals surface area (Å²) < 4.78 is 11.3. The highest BCUT2D eigenvalue weighted by molar-refractivity contribution is 9.10. The van der Waals surface area contributed by atoms with Crippen LogP contribution >= 0.6 is 28.1 Å². The molecule has 0 saturated heterocycles. The SMILES string of the molecule is CCC(C)NC(=O)c1ccc(NC(=S)NC(=O)c2cc(Br)ccc2OCCOC)cc1. The molecule has 1 atom stereocenters. The fraction of sp³-hybridized carbons (Fsp3) is 0.318. The van der Waals surface area contributed by atoms with Crippen LogP contribution in [0.25, 0.3) is 0 Å². The van der Waals surface area contributed by atoms with Crippen LogP contribution in [0.5, 0.6) is 5.75 Å². The van der Waals surface area contributed by atoms with Crippen molar-refractivity contribution < 1.29 is 19.1 Å². The summed E-state index contributed by atoms with van der Waals surface area (Å²) in [4.78, 5) is 24.9. The van der Waals surface area contributed by atoms with Gasteiger partial charge >= 0.3 is 0 Å². The number of carbonyl (C=O) groups is 2. The Bertz CT molecular complexity index is 921. The average Bonchev–Trinajstić information content (AvgIpc) is 2.75. The summed E-state index contributed by atoms with van der Waals surface area (Å²) in [6.45, 7) is 4.69. The van der Waals surface area contributed by atoms with Crippen LogP contribution in [0.4, 0.5) is 5.69 Å². The van der Waals surface area contributed by atoms with Gasteiger partial charge in [0.05, 0.1) is 12.2 Å². The molecule has 0 radical (unpaired) electrons. The second-order valence-corrected chi connectivity index (χ2v) is 8.07. The predicted molar refractivity (Wildman–Crippen MR) is 129 cm³/mol. The molecule has 0 aliphatic carbocycles. The third-order valence-electron chi connectivity index (χ3n) is 4.35. The van der Waals surface area contributed by atoms with Gasteiger partial charge in [-0.15, -0.1) is 0 Å². The van der Waals surface area contributed by atoms with Crippen molar-refractivity contribution in [2.24, 2.45) is 0 Å². The number of amides is 2. The van der Waals surface area contributed by atoms with E-state index in [1.165, 1.54) is 0 Å². The van der Waals surface area contributed by atoms with E-state index in [0.717, 1.165) is 10.9 Å². The number of carbonyl (C=O) groups excluding carboxylic acids is 2. The number of benzene rings is 2. The molecule has 2 aromatic rings. The highest BCUT2D eigenvalue weighted by Crippen LogP contribution is 2.23. The molecule has 0 bridgehead atoms. The normalized spacial score (nSPS) is 11.4. The van der Waals surface area contributed by atoms with E-state index in [-0.39, 0.29) is 17.1 Å². The van der Waals surface area contributed by atoms with E-state index in [2.05, 4.69) is 31.9 Å². The Morgan fingerprint density at radius 3 is 2.45 bits per heavy atom. The quantitative estimate of drug-likeness (QED) is 0.349. The monoisotopic (exact) mass is 507 g/mol. The zero-order valence-electron chi connectivity index (χ0n) is 17.7. The number of nitrogens with one attached hydrogen (secondary N) is 3. The van der Waals surface area contributed by atoms with Crippen LogP contribution in [0.1, 0.15) is 41.0 Å². The van der Waals surface area contributed by atoms with Crippen molar-refractivity contribution in [1.82, 2.24) is 10.6 Å². The standard InChI is InChI=1S/C22H26BrN3O4S/c1-4-14(2)24-20(27)15-5-8-17(9-6-15)25-22(31)26-21(28)18-13-16(23)7-10-19(18)30-12-11-29-3/h5-10,13-14H,4,11-12H2,1-3H3,(H,24,27)(H2,25,26,28,31). The zero-order chi connectivity index (χ0) is 22.8. The van der Waals surface area contributed by atoms with Crippen LogP contribution in [0.15, 0.2) is 46.9 Å². The Morgan fingerprint density at radius 2 is 1.81 bits per heavy atom. The Labute approximate surface area is 196 Å². The number of ether oxygens (including phenoxy) is 2. The topological polar surface area (TPSA) is 88.7 Å². The van der Waals surface area contributed by atoms with E-state index in [4.69, 9.17) is 21.7 Å². The van der Waals surface area contributed by atoms with Gasteiger partial charge in [0.15, 0.2) is 5.11 Å². The molecule has 2 amide bonds. The van der Waals surface area contributed by atoms with Gasteiger partial charge in [-0.1, -0.05) is 22.9 Å². The van der Waals surface area contributed by atoms with E-state index in [9.17, 15) is 9.59 Å². The summed E-state index contributed by atoms with van der Waals surface area (Å²) in [5.74, 6) is -0.111. The molecule has 166 valence electrons. The lowest BCUT2D eigenvalue weighted by Gasteiger charge is -2.14. The second-order valence-electron chi connectivity index (χ2n) is 6.75. The molecule has 7 nitrogen and oxygen atoms in total. The lowest BCUT2D eigenvalue weighted by atomic mass is 10.1. The van der Waals surface area contributed by atoms with Gasteiger partial charge in [-0.2, -0.15) is 0 Å². The molecule has 31 heavy (non-hydrogen) atoms. The highest BCUT2D eigenvalue weighted by atomic mass is 79.9. The van der Waals surface area contributed by atoms with E-state index < -0.39 is 5.91 Å². The van der Waals surface area contributed by atoms with Crippen molar-refractivity contribution in [3.8, 4) is 5.75 Å². The van der Waals surface area contributed by atoms with Crippen molar-refractivity contribution in [1.29, 1.82) is 0 Å². The van der Waals surface area contributed by atoms with Crippen LogP contribution in [0, 0.1) is 0 Å². The first-order valence-electron chi connectivity index (χ1n) is 9.78. The molecule has 0 heterocycles. The molecule has 3 N–H and O–H groups in total. The summed E-state index contributed by atoms with van der Waals surface area (Å²) in [7, 11) is 1.58. The Kier molecular flexibility index (Phi) is 9.90. The smallest absolute Gasteiger partial charge is 0.261 e. The van der Waals surface area contributed by atoms with E-state index >= 15 is 0 Å².